The van der Waals surface area contributed by atoms with Crippen LogP contribution in [0.5, 0.6) is 0 Å². The fourth-order valence-corrected chi connectivity index (χ4v) is 2.44. The van der Waals surface area contributed by atoms with Gasteiger partial charge in [-0.3, -0.25) is 5.10 Å². The van der Waals surface area contributed by atoms with Gasteiger partial charge in [0, 0.05) is 19.6 Å². The zero-order valence-electron chi connectivity index (χ0n) is 13.0. The van der Waals surface area contributed by atoms with Crippen LogP contribution >= 0.6 is 0 Å². The molecule has 1 saturated heterocycles. The number of piperidine rings is 1. The van der Waals surface area contributed by atoms with E-state index >= 15 is 0 Å². The van der Waals surface area contributed by atoms with Crippen LogP contribution in [0.2, 0.25) is 0 Å². The number of nitrogen functional groups attached to an aromatic ring is 1. The summed E-state index contributed by atoms with van der Waals surface area (Å²) < 4.78 is 5.23. The zero-order valence-corrected chi connectivity index (χ0v) is 13.0. The maximum absolute atomic E-state index is 11.6. The number of rotatable bonds is 3. The number of carbonyl (C=O) groups excluding carboxylic acids is 1. The van der Waals surface area contributed by atoms with Gasteiger partial charge in [0.1, 0.15) is 11.4 Å². The van der Waals surface area contributed by atoms with Crippen molar-refractivity contribution in [1.82, 2.24) is 15.5 Å². The van der Waals surface area contributed by atoms with Gasteiger partial charge in [-0.15, -0.1) is 0 Å². The highest BCUT2D eigenvalue weighted by Gasteiger charge is 2.23. The van der Waals surface area contributed by atoms with Crippen molar-refractivity contribution >= 4 is 17.6 Å². The molecule has 0 bridgehead atoms. The summed E-state index contributed by atoms with van der Waals surface area (Å²) in [4.78, 5) is 13.8. The molecule has 1 fully saturated rings. The monoisotopic (exact) mass is 295 g/mol. The summed E-state index contributed by atoms with van der Waals surface area (Å²) in [7, 11) is 0. The maximum Gasteiger partial charge on any atom is 0.407 e. The Labute approximate surface area is 125 Å². The van der Waals surface area contributed by atoms with Gasteiger partial charge in [0.25, 0.3) is 0 Å². The smallest absolute Gasteiger partial charge is 0.407 e. The van der Waals surface area contributed by atoms with Gasteiger partial charge in [-0.05, 0) is 39.5 Å². The molecule has 0 unspecified atom stereocenters. The van der Waals surface area contributed by atoms with E-state index in [4.69, 9.17) is 10.5 Å². The number of aromatic amines is 1. The first-order valence-corrected chi connectivity index (χ1v) is 7.36. The molecule has 2 heterocycles. The first-order chi connectivity index (χ1) is 9.85. The molecule has 0 spiro atoms. The van der Waals surface area contributed by atoms with Crippen molar-refractivity contribution in [2.24, 2.45) is 5.92 Å². The number of aromatic nitrogens is 2. The van der Waals surface area contributed by atoms with E-state index in [0.29, 0.717) is 18.2 Å². The third-order valence-electron chi connectivity index (χ3n) is 3.51. The molecule has 0 aliphatic carbocycles. The molecule has 0 aromatic carbocycles. The van der Waals surface area contributed by atoms with Crippen molar-refractivity contribution in [3.63, 3.8) is 0 Å². The Morgan fingerprint density at radius 1 is 1.52 bits per heavy atom. The molecule has 4 N–H and O–H groups in total. The van der Waals surface area contributed by atoms with E-state index in [1.807, 2.05) is 20.8 Å². The van der Waals surface area contributed by atoms with E-state index in [-0.39, 0.29) is 6.09 Å². The van der Waals surface area contributed by atoms with E-state index < -0.39 is 5.60 Å². The molecule has 2 rings (SSSR count). The molecule has 7 nitrogen and oxygen atoms in total. The van der Waals surface area contributed by atoms with Crippen LogP contribution in [0, 0.1) is 5.92 Å². The minimum atomic E-state index is -0.453. The Kier molecular flexibility index (Phi) is 4.59. The minimum absolute atomic E-state index is 0.345. The van der Waals surface area contributed by atoms with Gasteiger partial charge in [0.05, 0.1) is 11.9 Å². The molecule has 1 aromatic rings. The molecular weight excluding hydrogens is 270 g/mol. The van der Waals surface area contributed by atoms with Crippen LogP contribution in [0.15, 0.2) is 6.20 Å². The summed E-state index contributed by atoms with van der Waals surface area (Å²) in [5, 5.41) is 9.72. The van der Waals surface area contributed by atoms with Crippen LogP contribution in [0.25, 0.3) is 0 Å². The number of amides is 1. The van der Waals surface area contributed by atoms with Crippen molar-refractivity contribution in [2.45, 2.75) is 39.2 Å². The maximum atomic E-state index is 11.6. The fourth-order valence-electron chi connectivity index (χ4n) is 2.44. The highest BCUT2D eigenvalue weighted by molar-refractivity contribution is 5.67. The third kappa shape index (κ3) is 4.54. The predicted octanol–water partition coefficient (Wildman–Crippen LogP) is 1.73. The van der Waals surface area contributed by atoms with Crippen LogP contribution in [-0.2, 0) is 4.74 Å². The summed E-state index contributed by atoms with van der Waals surface area (Å²) in [5.41, 5.74) is 6.08. The summed E-state index contributed by atoms with van der Waals surface area (Å²) in [6, 6.07) is 0. The van der Waals surface area contributed by atoms with E-state index in [1.54, 1.807) is 6.20 Å². The molecule has 118 valence electrons. The van der Waals surface area contributed by atoms with E-state index in [0.717, 1.165) is 31.7 Å². The number of carbonyl (C=O) groups is 1. The lowest BCUT2D eigenvalue weighted by Gasteiger charge is -2.32. The van der Waals surface area contributed by atoms with Gasteiger partial charge in [-0.25, -0.2) is 4.79 Å². The van der Waals surface area contributed by atoms with Gasteiger partial charge in [0.15, 0.2) is 0 Å². The first kappa shape index (κ1) is 15.5. The van der Waals surface area contributed by atoms with Crippen molar-refractivity contribution in [3.8, 4) is 0 Å². The summed E-state index contributed by atoms with van der Waals surface area (Å²) in [5.74, 6) is 1.37. The lowest BCUT2D eigenvalue weighted by atomic mass is 9.97. The minimum Gasteiger partial charge on any atom is -0.444 e. The molecular formula is C14H25N5O2. The van der Waals surface area contributed by atoms with E-state index in [2.05, 4.69) is 20.4 Å². The van der Waals surface area contributed by atoms with Crippen molar-refractivity contribution in [1.29, 1.82) is 0 Å². The Morgan fingerprint density at radius 2 is 2.19 bits per heavy atom. The lowest BCUT2D eigenvalue weighted by molar-refractivity contribution is 0.0517. The second kappa shape index (κ2) is 6.24. The van der Waals surface area contributed by atoms with Crippen molar-refractivity contribution in [3.05, 3.63) is 6.20 Å². The molecule has 1 amide bonds. The summed E-state index contributed by atoms with van der Waals surface area (Å²) >= 11 is 0. The Bertz CT molecular complexity index is 472. The largest absolute Gasteiger partial charge is 0.444 e. The van der Waals surface area contributed by atoms with Crippen LogP contribution in [0.1, 0.15) is 33.6 Å². The van der Waals surface area contributed by atoms with E-state index in [1.165, 1.54) is 0 Å². The SMILES string of the molecule is CC(C)(C)OC(=O)NCC1CCN(c2[nH]ncc2N)CC1. The van der Waals surface area contributed by atoms with Crippen LogP contribution < -0.4 is 16.0 Å². The third-order valence-corrected chi connectivity index (χ3v) is 3.51. The van der Waals surface area contributed by atoms with Crippen molar-refractivity contribution < 1.29 is 9.53 Å². The molecule has 0 saturated carbocycles. The number of hydrogen-bond acceptors (Lipinski definition) is 5. The second-order valence-corrected chi connectivity index (χ2v) is 6.49. The number of nitrogens with two attached hydrogens (primary N) is 1. The van der Waals surface area contributed by atoms with Gasteiger partial charge in [-0.1, -0.05) is 0 Å². The number of hydrogen-bond donors (Lipinski definition) is 3. The Hall–Kier alpha value is -1.92. The number of nitrogens with one attached hydrogen (secondary N) is 2. The second-order valence-electron chi connectivity index (χ2n) is 6.49. The van der Waals surface area contributed by atoms with Gasteiger partial charge < -0.3 is 20.7 Å². The number of anilines is 2. The van der Waals surface area contributed by atoms with E-state index in [9.17, 15) is 4.79 Å². The fraction of sp³-hybridized carbons (Fsp3) is 0.714. The summed E-state index contributed by atoms with van der Waals surface area (Å²) in [6.45, 7) is 8.06. The summed E-state index contributed by atoms with van der Waals surface area (Å²) in [6.07, 6.45) is 3.30. The normalized spacial score (nSPS) is 16.8. The number of alkyl carbamates (subject to hydrolysis) is 1. The lowest BCUT2D eigenvalue weighted by Crippen LogP contribution is -2.40. The molecule has 21 heavy (non-hydrogen) atoms. The first-order valence-electron chi connectivity index (χ1n) is 7.36. The van der Waals surface area contributed by atoms with Gasteiger partial charge in [0.2, 0.25) is 0 Å². The molecule has 7 heteroatoms. The van der Waals surface area contributed by atoms with Gasteiger partial charge >= 0.3 is 6.09 Å². The zero-order chi connectivity index (χ0) is 15.5. The molecule has 1 aromatic heterocycles. The average molecular weight is 295 g/mol. The number of H-pyrrole nitrogens is 1. The average Bonchev–Trinajstić information content (AvgIpc) is 2.81. The molecule has 0 atom stereocenters. The molecule has 1 aliphatic heterocycles. The Balaban J connectivity index is 1.72. The quantitative estimate of drug-likeness (QED) is 0.789. The number of nitrogens with zero attached hydrogens (tertiary/aromatic N) is 2. The van der Waals surface area contributed by atoms with Crippen molar-refractivity contribution in [2.75, 3.05) is 30.3 Å². The molecule has 1 aliphatic rings. The van der Waals surface area contributed by atoms with Crippen LogP contribution in [0.3, 0.4) is 0 Å². The molecule has 0 radical (unpaired) electrons. The van der Waals surface area contributed by atoms with Gasteiger partial charge in [-0.2, -0.15) is 5.10 Å². The topological polar surface area (TPSA) is 96.3 Å². The number of ether oxygens (including phenoxy) is 1. The highest BCUT2D eigenvalue weighted by Crippen LogP contribution is 2.25. The highest BCUT2D eigenvalue weighted by atomic mass is 16.6. The van der Waals surface area contributed by atoms with Crippen LogP contribution in [0.4, 0.5) is 16.3 Å². The predicted molar refractivity (Wildman–Crippen MR) is 82.2 cm³/mol. The standard InChI is InChI=1S/C14H25N5O2/c1-14(2,3)21-13(20)16-8-10-4-6-19(7-5-10)12-11(15)9-17-18-12/h9-10H,4-8,15H2,1-3H3,(H,16,20)(H,17,18). The Morgan fingerprint density at radius 3 is 2.71 bits per heavy atom. The van der Waals surface area contributed by atoms with Crippen LogP contribution in [-0.4, -0.2) is 41.5 Å².